The van der Waals surface area contributed by atoms with Crippen molar-refractivity contribution in [3.05, 3.63) is 48.5 Å². The third-order valence-corrected chi connectivity index (χ3v) is 3.25. The van der Waals surface area contributed by atoms with Crippen molar-refractivity contribution in [2.24, 2.45) is 0 Å². The molecule has 0 aliphatic rings. The summed E-state index contributed by atoms with van der Waals surface area (Å²) in [5, 5.41) is 8.86. The monoisotopic (exact) mass is 281 g/mol. The summed E-state index contributed by atoms with van der Waals surface area (Å²) >= 11 is 0. The Kier molecular flexibility index (Phi) is 3.43. The fourth-order valence-corrected chi connectivity index (χ4v) is 2.18. The maximum Gasteiger partial charge on any atom is 0.156 e. The lowest BCUT2D eigenvalue weighted by Gasteiger charge is -2.21. The van der Waals surface area contributed by atoms with Crippen molar-refractivity contribution in [3.8, 4) is 5.82 Å². The summed E-state index contributed by atoms with van der Waals surface area (Å²) in [5.74, 6) is 0.789. The molecule has 0 saturated heterocycles. The van der Waals surface area contributed by atoms with Gasteiger partial charge < -0.3 is 5.32 Å². The van der Waals surface area contributed by atoms with Crippen LogP contribution in [0.15, 0.2) is 43.0 Å². The van der Waals surface area contributed by atoms with Crippen LogP contribution in [0, 0.1) is 0 Å². The van der Waals surface area contributed by atoms with Gasteiger partial charge in [0.2, 0.25) is 0 Å². The molecule has 3 aromatic rings. The lowest BCUT2D eigenvalue weighted by atomic mass is 10.1. The van der Waals surface area contributed by atoms with Gasteiger partial charge >= 0.3 is 0 Å². The van der Waals surface area contributed by atoms with Crippen LogP contribution in [-0.4, -0.2) is 25.3 Å². The van der Waals surface area contributed by atoms with E-state index in [1.54, 1.807) is 11.0 Å². The quantitative estimate of drug-likeness (QED) is 0.802. The Morgan fingerprint density at radius 2 is 2.00 bits per heavy atom. The molecule has 2 heterocycles. The molecule has 0 fully saturated rings. The molecule has 1 aromatic carbocycles. The first-order valence-electron chi connectivity index (χ1n) is 7.02. The van der Waals surface area contributed by atoms with Crippen LogP contribution < -0.4 is 5.32 Å². The molecule has 0 aliphatic carbocycles. The highest BCUT2D eigenvalue weighted by molar-refractivity contribution is 5.83. The zero-order valence-electron chi connectivity index (χ0n) is 12.5. The van der Waals surface area contributed by atoms with Gasteiger partial charge in [-0.25, -0.2) is 14.6 Å². The van der Waals surface area contributed by atoms with Crippen LogP contribution in [-0.2, 0) is 6.54 Å². The Labute approximate surface area is 124 Å². The van der Waals surface area contributed by atoms with E-state index >= 15 is 0 Å². The third-order valence-electron chi connectivity index (χ3n) is 3.25. The van der Waals surface area contributed by atoms with Crippen LogP contribution in [0.3, 0.4) is 0 Å². The van der Waals surface area contributed by atoms with Gasteiger partial charge in [-0.1, -0.05) is 18.2 Å². The molecule has 3 rings (SSSR count). The first-order valence-corrected chi connectivity index (χ1v) is 7.02. The summed E-state index contributed by atoms with van der Waals surface area (Å²) in [4.78, 5) is 8.65. The average molecular weight is 281 g/mol. The van der Waals surface area contributed by atoms with Gasteiger partial charge in [-0.3, -0.25) is 0 Å². The molecule has 5 nitrogen and oxygen atoms in total. The summed E-state index contributed by atoms with van der Waals surface area (Å²) in [6, 6.07) is 10.2. The molecule has 21 heavy (non-hydrogen) atoms. The van der Waals surface area contributed by atoms with Gasteiger partial charge in [0.15, 0.2) is 5.82 Å². The van der Waals surface area contributed by atoms with Crippen molar-refractivity contribution < 1.29 is 0 Å². The first kappa shape index (κ1) is 13.7. The Morgan fingerprint density at radius 3 is 2.71 bits per heavy atom. The standard InChI is InChI=1S/C16H19N5/c1-16(2,3)18-9-12-8-15(21-11-17-10-19-21)20-14-7-5-4-6-13(12)14/h4-8,10-11,18H,9H2,1-3H3. The molecule has 0 atom stereocenters. The second-order valence-corrected chi connectivity index (χ2v) is 6.10. The Hall–Kier alpha value is -2.27. The number of rotatable bonds is 3. The number of aromatic nitrogens is 4. The highest BCUT2D eigenvalue weighted by atomic mass is 15.3. The summed E-state index contributed by atoms with van der Waals surface area (Å²) in [6.45, 7) is 7.27. The van der Waals surface area contributed by atoms with Gasteiger partial charge in [0, 0.05) is 17.5 Å². The molecule has 2 aromatic heterocycles. The molecule has 0 aliphatic heterocycles. The lowest BCUT2D eigenvalue weighted by molar-refractivity contribution is 0.425. The fourth-order valence-electron chi connectivity index (χ4n) is 2.18. The maximum absolute atomic E-state index is 4.66. The molecule has 0 amide bonds. The van der Waals surface area contributed by atoms with E-state index in [2.05, 4.69) is 53.3 Å². The largest absolute Gasteiger partial charge is 0.308 e. The van der Waals surface area contributed by atoms with E-state index in [-0.39, 0.29) is 5.54 Å². The van der Waals surface area contributed by atoms with Crippen molar-refractivity contribution in [1.82, 2.24) is 25.1 Å². The SMILES string of the molecule is CC(C)(C)NCc1cc(-n2cncn2)nc2ccccc12. The Morgan fingerprint density at radius 1 is 1.19 bits per heavy atom. The number of pyridine rings is 1. The maximum atomic E-state index is 4.66. The molecule has 108 valence electrons. The molecular formula is C16H19N5. The zero-order chi connectivity index (χ0) is 14.9. The van der Waals surface area contributed by atoms with E-state index in [9.17, 15) is 0 Å². The minimum atomic E-state index is 0.0673. The molecule has 0 radical (unpaired) electrons. The van der Waals surface area contributed by atoms with E-state index in [1.807, 2.05) is 18.2 Å². The number of para-hydroxylation sites is 1. The normalized spacial score (nSPS) is 12.0. The lowest BCUT2D eigenvalue weighted by Crippen LogP contribution is -2.35. The number of hydrogen-bond donors (Lipinski definition) is 1. The van der Waals surface area contributed by atoms with Crippen LogP contribution in [0.1, 0.15) is 26.3 Å². The molecular weight excluding hydrogens is 262 g/mol. The second kappa shape index (κ2) is 5.26. The van der Waals surface area contributed by atoms with E-state index in [1.165, 1.54) is 11.9 Å². The zero-order valence-corrected chi connectivity index (χ0v) is 12.5. The summed E-state index contributed by atoms with van der Waals surface area (Å²) in [7, 11) is 0. The van der Waals surface area contributed by atoms with Crippen LogP contribution in [0.2, 0.25) is 0 Å². The summed E-state index contributed by atoms with van der Waals surface area (Å²) < 4.78 is 1.69. The molecule has 1 N–H and O–H groups in total. The van der Waals surface area contributed by atoms with Crippen molar-refractivity contribution in [2.75, 3.05) is 0 Å². The van der Waals surface area contributed by atoms with Gasteiger partial charge in [0.25, 0.3) is 0 Å². The number of nitrogens with one attached hydrogen (secondary N) is 1. The van der Waals surface area contributed by atoms with Gasteiger partial charge in [-0.2, -0.15) is 5.10 Å². The van der Waals surface area contributed by atoms with Crippen molar-refractivity contribution in [2.45, 2.75) is 32.9 Å². The van der Waals surface area contributed by atoms with Gasteiger partial charge in [-0.05, 0) is 38.5 Å². The number of fused-ring (bicyclic) bond motifs is 1. The Bertz CT molecular complexity index is 741. The minimum absolute atomic E-state index is 0.0673. The smallest absolute Gasteiger partial charge is 0.156 e. The van der Waals surface area contributed by atoms with Crippen molar-refractivity contribution in [3.63, 3.8) is 0 Å². The first-order chi connectivity index (χ1) is 10.0. The van der Waals surface area contributed by atoms with Gasteiger partial charge in [0.05, 0.1) is 5.52 Å². The predicted octanol–water partition coefficient (Wildman–Crippen LogP) is 2.70. The molecule has 0 saturated carbocycles. The average Bonchev–Trinajstić information content (AvgIpc) is 2.98. The van der Waals surface area contributed by atoms with E-state index in [0.717, 1.165) is 23.3 Å². The van der Waals surface area contributed by atoms with Crippen LogP contribution in [0.5, 0.6) is 0 Å². The van der Waals surface area contributed by atoms with E-state index in [4.69, 9.17) is 0 Å². The number of hydrogen-bond acceptors (Lipinski definition) is 4. The van der Waals surface area contributed by atoms with Gasteiger partial charge in [0.1, 0.15) is 12.7 Å². The molecule has 5 heteroatoms. The summed E-state index contributed by atoms with van der Waals surface area (Å²) in [5.41, 5.74) is 2.25. The topological polar surface area (TPSA) is 55.6 Å². The highest BCUT2D eigenvalue weighted by Gasteiger charge is 2.12. The van der Waals surface area contributed by atoms with Crippen molar-refractivity contribution in [1.29, 1.82) is 0 Å². The van der Waals surface area contributed by atoms with Crippen LogP contribution in [0.25, 0.3) is 16.7 Å². The molecule has 0 unspecified atom stereocenters. The van der Waals surface area contributed by atoms with Crippen molar-refractivity contribution >= 4 is 10.9 Å². The fraction of sp³-hybridized carbons (Fsp3) is 0.312. The number of nitrogens with zero attached hydrogens (tertiary/aromatic N) is 4. The van der Waals surface area contributed by atoms with E-state index < -0.39 is 0 Å². The predicted molar refractivity (Wildman–Crippen MR) is 83.3 cm³/mol. The van der Waals surface area contributed by atoms with Gasteiger partial charge in [-0.15, -0.1) is 0 Å². The third kappa shape index (κ3) is 3.08. The molecule has 0 bridgehead atoms. The Balaban J connectivity index is 2.07. The summed E-state index contributed by atoms with van der Waals surface area (Å²) in [6.07, 6.45) is 3.18. The van der Waals surface area contributed by atoms with Crippen LogP contribution >= 0.6 is 0 Å². The minimum Gasteiger partial charge on any atom is -0.308 e. The molecule has 0 spiro atoms. The second-order valence-electron chi connectivity index (χ2n) is 6.10. The highest BCUT2D eigenvalue weighted by Crippen LogP contribution is 2.20. The number of benzene rings is 1. The van der Waals surface area contributed by atoms with Crippen LogP contribution in [0.4, 0.5) is 0 Å². The van der Waals surface area contributed by atoms with E-state index in [0.29, 0.717) is 0 Å².